The van der Waals surface area contributed by atoms with Gasteiger partial charge in [-0.2, -0.15) is 0 Å². The maximum atomic E-state index is 13.7. The maximum Gasteiger partial charge on any atom is 0.132 e. The zero-order chi connectivity index (χ0) is 15.1. The predicted octanol–water partition coefficient (Wildman–Crippen LogP) is 4.91. The van der Waals surface area contributed by atoms with E-state index in [9.17, 15) is 8.78 Å². The van der Waals surface area contributed by atoms with Crippen molar-refractivity contribution < 1.29 is 8.78 Å². The number of aromatic nitrogens is 2. The van der Waals surface area contributed by atoms with E-state index in [2.05, 4.69) is 4.98 Å². The molecule has 108 valence electrons. The minimum atomic E-state index is -0.385. The highest BCUT2D eigenvalue weighted by Crippen LogP contribution is 2.29. The second kappa shape index (κ2) is 5.11. The minimum absolute atomic E-state index is 0.351. The molecule has 5 heteroatoms. The van der Waals surface area contributed by atoms with Crippen LogP contribution in [-0.2, 0) is 0 Å². The monoisotopic (exact) mass is 306 g/mol. The lowest BCUT2D eigenvalue weighted by molar-refractivity contribution is 0.625. The molecule has 0 saturated carbocycles. The quantitative estimate of drug-likeness (QED) is 0.615. The summed E-state index contributed by atoms with van der Waals surface area (Å²) in [5.41, 5.74) is 2.56. The smallest absolute Gasteiger partial charge is 0.132 e. The Balaban J connectivity index is 2.38. The lowest BCUT2D eigenvalue weighted by Crippen LogP contribution is -2.03. The molecule has 0 amide bonds. The van der Waals surface area contributed by atoms with Crippen LogP contribution in [0.4, 0.5) is 8.78 Å². The molecule has 0 fully saturated rings. The molecule has 2 nitrogen and oxygen atoms in total. The Bertz CT molecular complexity index is 804. The largest absolute Gasteiger partial charge is 0.295 e. The van der Waals surface area contributed by atoms with Crippen molar-refractivity contribution in [2.24, 2.45) is 0 Å². The van der Waals surface area contributed by atoms with Crippen LogP contribution in [0.5, 0.6) is 0 Å². The summed E-state index contributed by atoms with van der Waals surface area (Å²) in [5.74, 6) is -0.163. The van der Waals surface area contributed by atoms with E-state index in [1.54, 1.807) is 24.5 Å². The third kappa shape index (κ3) is 2.51. The van der Waals surface area contributed by atoms with Gasteiger partial charge in [-0.25, -0.2) is 13.8 Å². The Labute approximate surface area is 126 Å². The van der Waals surface area contributed by atoms with E-state index in [0.29, 0.717) is 22.5 Å². The maximum absolute atomic E-state index is 13.7. The van der Waals surface area contributed by atoms with E-state index in [4.69, 9.17) is 11.6 Å². The van der Waals surface area contributed by atoms with Crippen LogP contribution in [0, 0.1) is 18.6 Å². The normalized spacial score (nSPS) is 12.8. The number of alkyl halides is 1. The summed E-state index contributed by atoms with van der Waals surface area (Å²) >= 11 is 6.18. The molecular weight excluding hydrogens is 294 g/mol. The van der Waals surface area contributed by atoms with Crippen LogP contribution in [0.1, 0.15) is 23.7 Å². The summed E-state index contributed by atoms with van der Waals surface area (Å²) in [6, 6.07) is 8.97. The second-order valence-electron chi connectivity index (χ2n) is 5.04. The van der Waals surface area contributed by atoms with Gasteiger partial charge in [-0.3, -0.25) is 4.57 Å². The van der Waals surface area contributed by atoms with Crippen molar-refractivity contribution in [3.63, 3.8) is 0 Å². The first-order valence-corrected chi connectivity index (χ1v) is 6.99. The van der Waals surface area contributed by atoms with Gasteiger partial charge in [-0.05, 0) is 49.7 Å². The van der Waals surface area contributed by atoms with Crippen molar-refractivity contribution in [3.8, 4) is 5.69 Å². The lowest BCUT2D eigenvalue weighted by atomic mass is 10.2. The van der Waals surface area contributed by atoms with Crippen molar-refractivity contribution in [2.45, 2.75) is 19.2 Å². The van der Waals surface area contributed by atoms with Crippen molar-refractivity contribution in [2.75, 3.05) is 0 Å². The standard InChI is InChI=1S/C16H13ClF2N2/c1-9-5-12(19)7-13(6-9)21-15-8-11(18)3-4-14(15)20-16(21)10(2)17/h3-8,10H,1-2H3. The molecule has 1 unspecified atom stereocenters. The highest BCUT2D eigenvalue weighted by molar-refractivity contribution is 6.20. The lowest BCUT2D eigenvalue weighted by Gasteiger charge is -2.11. The summed E-state index contributed by atoms with van der Waals surface area (Å²) in [7, 11) is 0. The zero-order valence-corrected chi connectivity index (χ0v) is 12.3. The number of nitrogens with zero attached hydrogens (tertiary/aromatic N) is 2. The number of benzene rings is 2. The van der Waals surface area contributed by atoms with Crippen LogP contribution < -0.4 is 0 Å². The molecule has 1 aromatic heterocycles. The molecule has 0 N–H and O–H groups in total. The van der Waals surface area contributed by atoms with Gasteiger partial charge in [0.1, 0.15) is 17.5 Å². The van der Waals surface area contributed by atoms with Crippen LogP contribution in [0.25, 0.3) is 16.7 Å². The number of hydrogen-bond acceptors (Lipinski definition) is 1. The fourth-order valence-corrected chi connectivity index (χ4v) is 2.60. The van der Waals surface area contributed by atoms with Gasteiger partial charge in [0.05, 0.1) is 22.1 Å². The summed E-state index contributed by atoms with van der Waals surface area (Å²) in [4.78, 5) is 4.43. The summed E-state index contributed by atoms with van der Waals surface area (Å²) in [5, 5.41) is -0.385. The predicted molar refractivity (Wildman–Crippen MR) is 80.0 cm³/mol. The molecule has 0 aliphatic heterocycles. The Morgan fingerprint density at radius 1 is 1.10 bits per heavy atom. The molecule has 2 aromatic carbocycles. The van der Waals surface area contributed by atoms with Crippen LogP contribution in [0.15, 0.2) is 36.4 Å². The van der Waals surface area contributed by atoms with E-state index in [0.717, 1.165) is 5.56 Å². The van der Waals surface area contributed by atoms with Crippen molar-refractivity contribution in [3.05, 3.63) is 59.4 Å². The average Bonchev–Trinajstić information content (AvgIpc) is 2.76. The van der Waals surface area contributed by atoms with E-state index >= 15 is 0 Å². The number of aryl methyl sites for hydroxylation is 1. The Morgan fingerprint density at radius 3 is 2.52 bits per heavy atom. The third-order valence-corrected chi connectivity index (χ3v) is 3.48. The Kier molecular flexibility index (Phi) is 3.41. The molecule has 3 aromatic rings. The number of imidazole rings is 1. The number of hydrogen-bond donors (Lipinski definition) is 0. The first-order valence-electron chi connectivity index (χ1n) is 6.55. The fraction of sp³-hybridized carbons (Fsp3) is 0.188. The average molecular weight is 307 g/mol. The van der Waals surface area contributed by atoms with Gasteiger partial charge in [-0.1, -0.05) is 0 Å². The van der Waals surface area contributed by atoms with Gasteiger partial charge in [0.15, 0.2) is 0 Å². The molecule has 0 bridgehead atoms. The molecule has 0 aliphatic rings. The van der Waals surface area contributed by atoms with Crippen molar-refractivity contribution >= 4 is 22.6 Å². The van der Waals surface area contributed by atoms with Gasteiger partial charge < -0.3 is 0 Å². The van der Waals surface area contributed by atoms with Gasteiger partial charge in [0.25, 0.3) is 0 Å². The molecule has 0 spiro atoms. The Hall–Kier alpha value is -1.94. The van der Waals surface area contributed by atoms with E-state index < -0.39 is 0 Å². The first-order chi connectivity index (χ1) is 9.95. The molecule has 1 atom stereocenters. The first kappa shape index (κ1) is 14.0. The number of halogens is 3. The van der Waals surface area contributed by atoms with Gasteiger partial charge in [0.2, 0.25) is 0 Å². The molecule has 0 aliphatic carbocycles. The van der Waals surface area contributed by atoms with Crippen molar-refractivity contribution in [1.82, 2.24) is 9.55 Å². The van der Waals surface area contributed by atoms with Crippen LogP contribution in [-0.4, -0.2) is 9.55 Å². The van der Waals surface area contributed by atoms with Gasteiger partial charge in [-0.15, -0.1) is 11.6 Å². The van der Waals surface area contributed by atoms with E-state index in [1.807, 2.05) is 6.07 Å². The summed E-state index contributed by atoms with van der Waals surface area (Å²) < 4.78 is 28.9. The summed E-state index contributed by atoms with van der Waals surface area (Å²) in [6.45, 7) is 3.58. The highest BCUT2D eigenvalue weighted by atomic mass is 35.5. The zero-order valence-electron chi connectivity index (χ0n) is 11.6. The highest BCUT2D eigenvalue weighted by Gasteiger charge is 2.17. The molecule has 3 rings (SSSR count). The number of rotatable bonds is 2. The summed E-state index contributed by atoms with van der Waals surface area (Å²) in [6.07, 6.45) is 0. The SMILES string of the molecule is Cc1cc(F)cc(-n2c(C(C)Cl)nc3ccc(F)cc32)c1. The molecule has 0 radical (unpaired) electrons. The minimum Gasteiger partial charge on any atom is -0.295 e. The third-order valence-electron chi connectivity index (χ3n) is 3.28. The van der Waals surface area contributed by atoms with Crippen LogP contribution in [0.2, 0.25) is 0 Å². The van der Waals surface area contributed by atoms with Crippen LogP contribution in [0.3, 0.4) is 0 Å². The van der Waals surface area contributed by atoms with E-state index in [-0.39, 0.29) is 17.0 Å². The topological polar surface area (TPSA) is 17.8 Å². The van der Waals surface area contributed by atoms with Crippen LogP contribution >= 0.6 is 11.6 Å². The molecular formula is C16H13ClF2N2. The fourth-order valence-electron chi connectivity index (χ4n) is 2.45. The molecule has 21 heavy (non-hydrogen) atoms. The van der Waals surface area contributed by atoms with Gasteiger partial charge in [0, 0.05) is 6.07 Å². The van der Waals surface area contributed by atoms with E-state index in [1.165, 1.54) is 24.3 Å². The molecule has 0 saturated heterocycles. The second-order valence-corrected chi connectivity index (χ2v) is 5.70. The number of fused-ring (bicyclic) bond motifs is 1. The van der Waals surface area contributed by atoms with Gasteiger partial charge >= 0.3 is 0 Å². The molecule has 1 heterocycles. The Morgan fingerprint density at radius 2 is 1.86 bits per heavy atom. The van der Waals surface area contributed by atoms with Crippen molar-refractivity contribution in [1.29, 1.82) is 0 Å².